The van der Waals surface area contributed by atoms with Gasteiger partial charge < -0.3 is 10.1 Å². The Bertz CT molecular complexity index is 622. The van der Waals surface area contributed by atoms with Crippen LogP contribution in [-0.4, -0.2) is 29.7 Å². The second-order valence-electron chi connectivity index (χ2n) is 4.86. The van der Waals surface area contributed by atoms with Crippen LogP contribution in [0.2, 0.25) is 0 Å². The Balaban J connectivity index is 1.76. The summed E-state index contributed by atoms with van der Waals surface area (Å²) in [5.74, 6) is 0.560. The van der Waals surface area contributed by atoms with Gasteiger partial charge in [-0.1, -0.05) is 0 Å². The lowest BCUT2D eigenvalue weighted by Crippen LogP contribution is -2.10. The second kappa shape index (κ2) is 5.72. The van der Waals surface area contributed by atoms with Gasteiger partial charge in [0.25, 0.3) is 0 Å². The maximum atomic E-state index is 11.3. The lowest BCUT2D eigenvalue weighted by Gasteiger charge is -2.10. The number of anilines is 1. The molecule has 1 N–H and O–H groups in total. The molecule has 2 heterocycles. The van der Waals surface area contributed by atoms with Crippen molar-refractivity contribution >= 4 is 32.9 Å². The van der Waals surface area contributed by atoms with E-state index in [1.54, 1.807) is 11.6 Å². The summed E-state index contributed by atoms with van der Waals surface area (Å²) in [5.41, 5.74) is 2.73. The number of ether oxygens (including phenoxy) is 1. The van der Waals surface area contributed by atoms with Gasteiger partial charge in [0.1, 0.15) is 5.69 Å². The third-order valence-electron chi connectivity index (χ3n) is 3.55. The molecule has 1 fully saturated rings. The predicted molar refractivity (Wildman–Crippen MR) is 78.3 cm³/mol. The van der Waals surface area contributed by atoms with E-state index in [-0.39, 0.29) is 10.6 Å². The first-order chi connectivity index (χ1) is 9.75. The number of thiazole rings is 1. The van der Waals surface area contributed by atoms with Gasteiger partial charge in [0.15, 0.2) is 5.52 Å². The zero-order chi connectivity index (χ0) is 13.9. The van der Waals surface area contributed by atoms with Gasteiger partial charge in [-0.15, -0.1) is 11.3 Å². The van der Waals surface area contributed by atoms with Crippen LogP contribution in [0.4, 0.5) is 11.4 Å². The highest BCUT2D eigenvalue weighted by molar-refractivity contribution is 7.16. The molecule has 106 valence electrons. The lowest BCUT2D eigenvalue weighted by molar-refractivity contribution is -0.382. The number of nitro groups is 1. The summed E-state index contributed by atoms with van der Waals surface area (Å²) in [6.07, 6.45) is 2.04. The molecule has 3 rings (SSSR count). The first-order valence-corrected chi connectivity index (χ1v) is 7.46. The normalized spacial score (nSPS) is 18.5. The van der Waals surface area contributed by atoms with Crippen LogP contribution in [-0.2, 0) is 4.74 Å². The van der Waals surface area contributed by atoms with Crippen LogP contribution in [0.1, 0.15) is 12.8 Å². The van der Waals surface area contributed by atoms with Crippen molar-refractivity contribution in [2.45, 2.75) is 12.8 Å². The average Bonchev–Trinajstić information content (AvgIpc) is 3.07. The lowest BCUT2D eigenvalue weighted by atomic mass is 10.1. The van der Waals surface area contributed by atoms with E-state index in [9.17, 15) is 10.1 Å². The van der Waals surface area contributed by atoms with Gasteiger partial charge in [-0.05, 0) is 30.9 Å². The van der Waals surface area contributed by atoms with Crippen molar-refractivity contribution in [1.29, 1.82) is 0 Å². The number of nitrogens with one attached hydrogen (secondary N) is 1. The molecular formula is C13H15N3O3S. The zero-order valence-corrected chi connectivity index (χ0v) is 11.7. The van der Waals surface area contributed by atoms with Crippen LogP contribution in [0.15, 0.2) is 17.6 Å². The molecule has 0 saturated carbocycles. The molecule has 1 aliphatic heterocycles. The Hall–Kier alpha value is -1.73. The van der Waals surface area contributed by atoms with Gasteiger partial charge in [0, 0.05) is 19.8 Å². The number of benzene rings is 1. The fourth-order valence-corrected chi connectivity index (χ4v) is 3.15. The van der Waals surface area contributed by atoms with Gasteiger partial charge in [-0.3, -0.25) is 10.1 Å². The van der Waals surface area contributed by atoms with Gasteiger partial charge in [-0.2, -0.15) is 0 Å². The third kappa shape index (κ3) is 2.59. The summed E-state index contributed by atoms with van der Waals surface area (Å²) >= 11 is 1.41. The van der Waals surface area contributed by atoms with Gasteiger partial charge >= 0.3 is 5.69 Å². The fraction of sp³-hybridized carbons (Fsp3) is 0.462. The molecule has 0 amide bonds. The predicted octanol–water partition coefficient (Wildman–Crippen LogP) is 3.04. The second-order valence-corrected chi connectivity index (χ2v) is 5.75. The van der Waals surface area contributed by atoms with E-state index in [2.05, 4.69) is 10.3 Å². The monoisotopic (exact) mass is 293 g/mol. The van der Waals surface area contributed by atoms with E-state index in [0.717, 1.165) is 30.8 Å². The summed E-state index contributed by atoms with van der Waals surface area (Å²) in [6.45, 7) is 2.34. The van der Waals surface area contributed by atoms with Crippen molar-refractivity contribution in [3.8, 4) is 0 Å². The number of rotatable bonds is 5. The SMILES string of the molecule is O=[N+]([O-])c1c(NCCC2CCOC2)ccc2scnc12. The molecule has 1 aromatic carbocycles. The molecule has 1 saturated heterocycles. The number of fused-ring (bicyclic) bond motifs is 1. The molecule has 7 heteroatoms. The number of hydrogen-bond donors (Lipinski definition) is 1. The summed E-state index contributed by atoms with van der Waals surface area (Å²) in [4.78, 5) is 15.0. The number of hydrogen-bond acceptors (Lipinski definition) is 6. The summed E-state index contributed by atoms with van der Waals surface area (Å²) in [6, 6.07) is 3.64. The Morgan fingerprint density at radius 3 is 3.20 bits per heavy atom. The van der Waals surface area contributed by atoms with Crippen molar-refractivity contribution in [2.75, 3.05) is 25.1 Å². The van der Waals surface area contributed by atoms with E-state index in [1.807, 2.05) is 6.07 Å². The van der Waals surface area contributed by atoms with Crippen molar-refractivity contribution in [2.24, 2.45) is 5.92 Å². The van der Waals surface area contributed by atoms with Crippen LogP contribution in [0, 0.1) is 16.0 Å². The maximum absolute atomic E-state index is 11.3. The largest absolute Gasteiger partial charge is 0.381 e. The molecule has 0 spiro atoms. The number of nitro benzene ring substituents is 1. The van der Waals surface area contributed by atoms with Gasteiger partial charge in [0.05, 0.1) is 15.1 Å². The van der Waals surface area contributed by atoms with Crippen LogP contribution < -0.4 is 5.32 Å². The molecule has 1 atom stereocenters. The molecule has 1 unspecified atom stereocenters. The molecule has 2 aromatic rings. The van der Waals surface area contributed by atoms with Crippen molar-refractivity contribution in [3.05, 3.63) is 27.8 Å². The first-order valence-electron chi connectivity index (χ1n) is 6.58. The average molecular weight is 293 g/mol. The molecule has 0 aliphatic carbocycles. The Labute approximate surface area is 119 Å². The smallest absolute Gasteiger partial charge is 0.319 e. The molecule has 0 radical (unpaired) electrons. The van der Waals surface area contributed by atoms with Gasteiger partial charge in [0.2, 0.25) is 0 Å². The molecule has 1 aliphatic rings. The van der Waals surface area contributed by atoms with Crippen LogP contribution in [0.5, 0.6) is 0 Å². The zero-order valence-electron chi connectivity index (χ0n) is 10.9. The highest BCUT2D eigenvalue weighted by Crippen LogP contribution is 2.34. The van der Waals surface area contributed by atoms with E-state index in [4.69, 9.17) is 4.74 Å². The van der Waals surface area contributed by atoms with Crippen molar-refractivity contribution < 1.29 is 9.66 Å². The first kappa shape index (κ1) is 13.3. The van der Waals surface area contributed by atoms with Crippen LogP contribution in [0.25, 0.3) is 10.2 Å². The van der Waals surface area contributed by atoms with E-state index in [1.165, 1.54) is 11.3 Å². The third-order valence-corrected chi connectivity index (χ3v) is 4.34. The Kier molecular flexibility index (Phi) is 3.79. The highest BCUT2D eigenvalue weighted by Gasteiger charge is 2.21. The highest BCUT2D eigenvalue weighted by atomic mass is 32.1. The number of aromatic nitrogens is 1. The van der Waals surface area contributed by atoms with E-state index in [0.29, 0.717) is 23.7 Å². The molecule has 0 bridgehead atoms. The molecule has 6 nitrogen and oxygen atoms in total. The summed E-state index contributed by atoms with van der Waals surface area (Å²) in [5, 5.41) is 14.4. The molecule has 20 heavy (non-hydrogen) atoms. The van der Waals surface area contributed by atoms with E-state index >= 15 is 0 Å². The Morgan fingerprint density at radius 2 is 2.45 bits per heavy atom. The van der Waals surface area contributed by atoms with Crippen LogP contribution >= 0.6 is 11.3 Å². The standard InChI is InChI=1S/C13H15N3O3S/c17-16(18)13-10(1-2-11-12(13)15-8-20-11)14-5-3-9-4-6-19-7-9/h1-2,8-9,14H,3-7H2. The van der Waals surface area contributed by atoms with Gasteiger partial charge in [-0.25, -0.2) is 4.98 Å². The fourth-order valence-electron chi connectivity index (χ4n) is 2.47. The minimum atomic E-state index is -0.358. The molecule has 1 aromatic heterocycles. The topological polar surface area (TPSA) is 77.3 Å². The molecular weight excluding hydrogens is 278 g/mol. The van der Waals surface area contributed by atoms with E-state index < -0.39 is 0 Å². The summed E-state index contributed by atoms with van der Waals surface area (Å²) < 4.78 is 6.16. The van der Waals surface area contributed by atoms with Crippen molar-refractivity contribution in [3.63, 3.8) is 0 Å². The Morgan fingerprint density at radius 1 is 1.55 bits per heavy atom. The van der Waals surface area contributed by atoms with Crippen LogP contribution in [0.3, 0.4) is 0 Å². The van der Waals surface area contributed by atoms with Crippen molar-refractivity contribution in [1.82, 2.24) is 4.98 Å². The minimum Gasteiger partial charge on any atom is -0.381 e. The number of nitrogens with zero attached hydrogens (tertiary/aromatic N) is 2. The quantitative estimate of drug-likeness (QED) is 0.677. The maximum Gasteiger partial charge on any atom is 0.319 e. The summed E-state index contributed by atoms with van der Waals surface area (Å²) in [7, 11) is 0. The minimum absolute atomic E-state index is 0.0754.